The number of hydrogen-bond donors (Lipinski definition) is 3. The fraction of sp³-hybridized carbons (Fsp3) is 0.182. The third-order valence-corrected chi connectivity index (χ3v) is 3.18. The van der Waals surface area contributed by atoms with Crippen LogP contribution in [0.1, 0.15) is 6.92 Å². The average Bonchev–Trinajstić information content (AvgIpc) is 2.70. The minimum absolute atomic E-state index is 0.436. The zero-order valence-electron chi connectivity index (χ0n) is 9.51. The lowest BCUT2D eigenvalue weighted by Gasteiger charge is -2.08. The molecule has 0 aliphatic carbocycles. The Morgan fingerprint density at radius 3 is 2.78 bits per heavy atom. The van der Waals surface area contributed by atoms with E-state index in [4.69, 9.17) is 5.11 Å². The molecule has 0 fully saturated rings. The van der Waals surface area contributed by atoms with E-state index in [1.165, 1.54) is 18.3 Å². The number of hydrogen-bond acceptors (Lipinski definition) is 4. The predicted octanol–water partition coefficient (Wildman–Crippen LogP) is 1.89. The maximum Gasteiger partial charge on any atom is 0.325 e. The highest BCUT2D eigenvalue weighted by Crippen LogP contribution is 2.25. The number of rotatable bonds is 3. The molecule has 0 radical (unpaired) electrons. The molecule has 2 rings (SSSR count). The molecule has 1 atom stereocenters. The van der Waals surface area contributed by atoms with Crippen molar-refractivity contribution in [3.05, 3.63) is 24.3 Å². The Balaban J connectivity index is 2.05. The van der Waals surface area contributed by atoms with E-state index in [-0.39, 0.29) is 0 Å². The number of benzene rings is 1. The Bertz CT molecular complexity index is 563. The molecule has 2 amide bonds. The van der Waals surface area contributed by atoms with Crippen LogP contribution in [0.5, 0.6) is 0 Å². The second-order valence-corrected chi connectivity index (χ2v) is 4.68. The van der Waals surface area contributed by atoms with E-state index in [0.717, 1.165) is 10.2 Å². The second-order valence-electron chi connectivity index (χ2n) is 3.65. The first-order valence-electron chi connectivity index (χ1n) is 5.22. The number of nitrogens with one attached hydrogen (secondary N) is 2. The Labute approximate surface area is 107 Å². The lowest BCUT2D eigenvalue weighted by atomic mass is 10.3. The first-order valence-corrected chi connectivity index (χ1v) is 6.04. The molecule has 7 heteroatoms. The van der Waals surface area contributed by atoms with Crippen LogP contribution < -0.4 is 10.6 Å². The summed E-state index contributed by atoms with van der Waals surface area (Å²) in [5, 5.41) is 13.9. The summed E-state index contributed by atoms with van der Waals surface area (Å²) < 4.78 is 0.957. The molecular weight excluding hydrogens is 254 g/mol. The number of nitrogens with zero attached hydrogens (tertiary/aromatic N) is 1. The summed E-state index contributed by atoms with van der Waals surface area (Å²) in [6, 6.07) is 5.96. The quantitative estimate of drug-likeness (QED) is 0.790. The van der Waals surface area contributed by atoms with Crippen molar-refractivity contribution in [1.29, 1.82) is 0 Å². The molecule has 94 valence electrons. The molecular formula is C11H11N3O3S. The van der Waals surface area contributed by atoms with Gasteiger partial charge in [0.15, 0.2) is 5.13 Å². The van der Waals surface area contributed by atoms with Gasteiger partial charge in [0.2, 0.25) is 0 Å². The van der Waals surface area contributed by atoms with Crippen LogP contribution in [0.25, 0.3) is 10.2 Å². The Hall–Kier alpha value is -2.15. The number of thiazole rings is 1. The number of fused-ring (bicyclic) bond motifs is 1. The third-order valence-electron chi connectivity index (χ3n) is 2.23. The van der Waals surface area contributed by atoms with Crippen LogP contribution in [0.2, 0.25) is 0 Å². The Morgan fingerprint density at radius 2 is 2.11 bits per heavy atom. The second kappa shape index (κ2) is 5.01. The first kappa shape index (κ1) is 12.3. The molecule has 0 bridgehead atoms. The summed E-state index contributed by atoms with van der Waals surface area (Å²) in [7, 11) is 0. The highest BCUT2D eigenvalue weighted by atomic mass is 32.1. The summed E-state index contributed by atoms with van der Waals surface area (Å²) in [5.74, 6) is -1.09. The fourth-order valence-corrected chi connectivity index (χ4v) is 2.18. The largest absolute Gasteiger partial charge is 0.480 e. The van der Waals surface area contributed by atoms with Gasteiger partial charge in [0.05, 0.1) is 10.2 Å². The molecule has 2 aromatic rings. The monoisotopic (exact) mass is 265 g/mol. The molecule has 1 unspecified atom stereocenters. The van der Waals surface area contributed by atoms with Crippen LogP contribution in [-0.4, -0.2) is 28.1 Å². The van der Waals surface area contributed by atoms with E-state index in [1.54, 1.807) is 0 Å². The number of carboxylic acid groups (broad SMARTS) is 1. The maximum absolute atomic E-state index is 11.5. The van der Waals surface area contributed by atoms with Crippen LogP contribution >= 0.6 is 11.3 Å². The summed E-state index contributed by atoms with van der Waals surface area (Å²) >= 11 is 1.33. The molecule has 1 aromatic heterocycles. The number of para-hydroxylation sites is 1. The van der Waals surface area contributed by atoms with Crippen LogP contribution in [0.4, 0.5) is 9.93 Å². The van der Waals surface area contributed by atoms with Gasteiger partial charge in [0.1, 0.15) is 6.04 Å². The number of carbonyl (C=O) groups is 2. The molecule has 1 aromatic carbocycles. The number of anilines is 1. The van der Waals surface area contributed by atoms with Gasteiger partial charge >= 0.3 is 12.0 Å². The van der Waals surface area contributed by atoms with Crippen molar-refractivity contribution in [3.8, 4) is 0 Å². The van der Waals surface area contributed by atoms with E-state index in [0.29, 0.717) is 5.13 Å². The van der Waals surface area contributed by atoms with E-state index < -0.39 is 18.0 Å². The molecule has 1 heterocycles. The van der Waals surface area contributed by atoms with Gasteiger partial charge in [-0.05, 0) is 19.1 Å². The minimum Gasteiger partial charge on any atom is -0.480 e. The SMILES string of the molecule is CC(NC(=O)Nc1nc2ccccc2s1)C(=O)O. The van der Waals surface area contributed by atoms with Crippen LogP contribution in [0, 0.1) is 0 Å². The molecule has 0 aliphatic heterocycles. The number of carboxylic acids is 1. The predicted molar refractivity (Wildman–Crippen MR) is 68.9 cm³/mol. The van der Waals surface area contributed by atoms with Gasteiger partial charge in [-0.1, -0.05) is 23.5 Å². The Morgan fingerprint density at radius 1 is 1.39 bits per heavy atom. The number of aromatic nitrogens is 1. The van der Waals surface area contributed by atoms with Gasteiger partial charge in [-0.3, -0.25) is 10.1 Å². The van der Waals surface area contributed by atoms with Crippen molar-refractivity contribution >= 4 is 38.7 Å². The van der Waals surface area contributed by atoms with Gasteiger partial charge < -0.3 is 10.4 Å². The lowest BCUT2D eigenvalue weighted by Crippen LogP contribution is -2.40. The van der Waals surface area contributed by atoms with Crippen molar-refractivity contribution < 1.29 is 14.7 Å². The summed E-state index contributed by atoms with van der Waals surface area (Å²) in [6.07, 6.45) is 0. The summed E-state index contributed by atoms with van der Waals surface area (Å²) in [4.78, 5) is 26.3. The lowest BCUT2D eigenvalue weighted by molar-refractivity contribution is -0.138. The average molecular weight is 265 g/mol. The van der Waals surface area contributed by atoms with Crippen molar-refractivity contribution in [3.63, 3.8) is 0 Å². The molecule has 6 nitrogen and oxygen atoms in total. The van der Waals surface area contributed by atoms with Crippen LogP contribution in [0.3, 0.4) is 0 Å². The summed E-state index contributed by atoms with van der Waals surface area (Å²) in [6.45, 7) is 1.39. The number of carbonyl (C=O) groups excluding carboxylic acids is 1. The smallest absolute Gasteiger partial charge is 0.325 e. The van der Waals surface area contributed by atoms with Gasteiger partial charge in [0.25, 0.3) is 0 Å². The van der Waals surface area contributed by atoms with Crippen molar-refractivity contribution in [1.82, 2.24) is 10.3 Å². The number of urea groups is 1. The molecule has 18 heavy (non-hydrogen) atoms. The van der Waals surface area contributed by atoms with E-state index in [1.807, 2.05) is 24.3 Å². The molecule has 0 saturated heterocycles. The van der Waals surface area contributed by atoms with Crippen molar-refractivity contribution in [2.45, 2.75) is 13.0 Å². The maximum atomic E-state index is 11.5. The van der Waals surface area contributed by atoms with Crippen LogP contribution in [0.15, 0.2) is 24.3 Å². The van der Waals surface area contributed by atoms with Crippen molar-refractivity contribution in [2.75, 3.05) is 5.32 Å². The zero-order valence-corrected chi connectivity index (χ0v) is 10.3. The number of aliphatic carboxylic acids is 1. The van der Waals surface area contributed by atoms with E-state index >= 15 is 0 Å². The molecule has 0 saturated carbocycles. The summed E-state index contributed by atoms with van der Waals surface area (Å²) in [5.41, 5.74) is 0.795. The highest BCUT2D eigenvalue weighted by molar-refractivity contribution is 7.22. The normalized spacial score (nSPS) is 12.1. The fourth-order valence-electron chi connectivity index (χ4n) is 1.32. The van der Waals surface area contributed by atoms with Gasteiger partial charge in [-0.15, -0.1) is 0 Å². The zero-order chi connectivity index (χ0) is 13.1. The van der Waals surface area contributed by atoms with Gasteiger partial charge in [0, 0.05) is 0 Å². The molecule has 0 aliphatic rings. The van der Waals surface area contributed by atoms with Crippen molar-refractivity contribution in [2.24, 2.45) is 0 Å². The molecule has 0 spiro atoms. The number of amides is 2. The van der Waals surface area contributed by atoms with Gasteiger partial charge in [-0.25, -0.2) is 9.78 Å². The van der Waals surface area contributed by atoms with E-state index in [2.05, 4.69) is 15.6 Å². The third kappa shape index (κ3) is 2.75. The first-order chi connectivity index (χ1) is 8.56. The Kier molecular flexibility index (Phi) is 3.42. The standard InChI is InChI=1S/C11H11N3O3S/c1-6(9(15)16)12-10(17)14-11-13-7-4-2-3-5-8(7)18-11/h2-6H,1H3,(H,15,16)(H2,12,13,14,17). The van der Waals surface area contributed by atoms with E-state index in [9.17, 15) is 9.59 Å². The molecule has 3 N–H and O–H groups in total. The topological polar surface area (TPSA) is 91.3 Å². The van der Waals surface area contributed by atoms with Crippen LogP contribution in [-0.2, 0) is 4.79 Å². The minimum atomic E-state index is -1.09. The van der Waals surface area contributed by atoms with Gasteiger partial charge in [-0.2, -0.15) is 0 Å². The highest BCUT2D eigenvalue weighted by Gasteiger charge is 2.14.